The van der Waals surface area contributed by atoms with Gasteiger partial charge in [0.15, 0.2) is 0 Å². The molecule has 6 nitrogen and oxygen atoms in total. The SMILES string of the molecule is C[C@H](C[C@@H](Cc1ccc(-c2ccccc2)cc1)NC(=O)c1c[nH]c(=O)s1)C(=O)O. The van der Waals surface area contributed by atoms with Crippen LogP contribution in [0.15, 0.2) is 65.6 Å². The van der Waals surface area contributed by atoms with Crippen molar-refractivity contribution < 1.29 is 14.7 Å². The van der Waals surface area contributed by atoms with Gasteiger partial charge in [-0.05, 0) is 29.5 Å². The number of nitrogens with one attached hydrogen (secondary N) is 2. The molecule has 0 aliphatic rings. The maximum Gasteiger partial charge on any atom is 0.306 e. The fourth-order valence-corrected chi connectivity index (χ4v) is 3.71. The Balaban J connectivity index is 1.74. The molecule has 0 spiro atoms. The molecule has 0 aliphatic carbocycles. The molecule has 0 bridgehead atoms. The molecule has 0 radical (unpaired) electrons. The molecule has 150 valence electrons. The average Bonchev–Trinajstić information content (AvgIpc) is 3.15. The molecule has 0 fully saturated rings. The van der Waals surface area contributed by atoms with Gasteiger partial charge in [-0.25, -0.2) is 0 Å². The van der Waals surface area contributed by atoms with Crippen LogP contribution in [0.1, 0.15) is 28.6 Å². The number of carboxylic acid groups (broad SMARTS) is 1. The van der Waals surface area contributed by atoms with Crippen molar-refractivity contribution in [3.8, 4) is 11.1 Å². The predicted molar refractivity (Wildman–Crippen MR) is 113 cm³/mol. The third kappa shape index (κ3) is 5.65. The molecular formula is C22H22N2O4S. The van der Waals surface area contributed by atoms with Gasteiger partial charge >= 0.3 is 10.8 Å². The molecule has 1 heterocycles. The summed E-state index contributed by atoms with van der Waals surface area (Å²) in [7, 11) is 0. The van der Waals surface area contributed by atoms with Gasteiger partial charge in [0.1, 0.15) is 4.88 Å². The minimum atomic E-state index is -0.907. The van der Waals surface area contributed by atoms with E-state index in [4.69, 9.17) is 0 Å². The Kier molecular flexibility index (Phi) is 6.61. The highest BCUT2D eigenvalue weighted by Crippen LogP contribution is 2.21. The summed E-state index contributed by atoms with van der Waals surface area (Å²) in [6.45, 7) is 1.62. The van der Waals surface area contributed by atoms with Gasteiger partial charge in [-0.15, -0.1) is 0 Å². The van der Waals surface area contributed by atoms with Crippen LogP contribution in [-0.4, -0.2) is 28.0 Å². The number of H-pyrrole nitrogens is 1. The van der Waals surface area contributed by atoms with Crippen molar-refractivity contribution in [3.05, 3.63) is 80.9 Å². The first-order chi connectivity index (χ1) is 13.9. The third-order valence-electron chi connectivity index (χ3n) is 4.69. The fraction of sp³-hybridized carbons (Fsp3) is 0.227. The van der Waals surface area contributed by atoms with Gasteiger partial charge in [0, 0.05) is 12.2 Å². The Hall–Kier alpha value is -3.19. The normalized spacial score (nSPS) is 12.9. The Morgan fingerprint density at radius 3 is 2.31 bits per heavy atom. The van der Waals surface area contributed by atoms with Crippen LogP contribution in [0.5, 0.6) is 0 Å². The lowest BCUT2D eigenvalue weighted by Gasteiger charge is -2.20. The van der Waals surface area contributed by atoms with Gasteiger partial charge < -0.3 is 15.4 Å². The molecule has 7 heteroatoms. The maximum absolute atomic E-state index is 12.4. The Labute approximate surface area is 172 Å². The van der Waals surface area contributed by atoms with E-state index >= 15 is 0 Å². The molecule has 2 aromatic carbocycles. The number of hydrogen-bond donors (Lipinski definition) is 3. The number of aliphatic carboxylic acids is 1. The summed E-state index contributed by atoms with van der Waals surface area (Å²) in [4.78, 5) is 37.5. The number of carboxylic acids is 1. The smallest absolute Gasteiger partial charge is 0.306 e. The van der Waals surface area contributed by atoms with E-state index in [1.807, 2.05) is 54.6 Å². The first kappa shape index (κ1) is 20.5. The average molecular weight is 410 g/mol. The second-order valence-electron chi connectivity index (χ2n) is 6.95. The van der Waals surface area contributed by atoms with Gasteiger partial charge in [-0.2, -0.15) is 0 Å². The quantitative estimate of drug-likeness (QED) is 0.529. The summed E-state index contributed by atoms with van der Waals surface area (Å²) in [6, 6.07) is 17.6. The van der Waals surface area contributed by atoms with Crippen LogP contribution in [-0.2, 0) is 11.2 Å². The molecule has 0 saturated carbocycles. The molecule has 29 heavy (non-hydrogen) atoms. The maximum atomic E-state index is 12.4. The van der Waals surface area contributed by atoms with Crippen molar-refractivity contribution in [1.29, 1.82) is 0 Å². The molecule has 2 atom stereocenters. The van der Waals surface area contributed by atoms with Crippen LogP contribution >= 0.6 is 11.3 Å². The van der Waals surface area contributed by atoms with Gasteiger partial charge in [-0.3, -0.25) is 14.4 Å². The Morgan fingerprint density at radius 2 is 1.72 bits per heavy atom. The number of thiazole rings is 1. The van der Waals surface area contributed by atoms with E-state index in [2.05, 4.69) is 10.3 Å². The summed E-state index contributed by atoms with van der Waals surface area (Å²) in [5, 5.41) is 12.1. The lowest BCUT2D eigenvalue weighted by Crippen LogP contribution is -2.38. The lowest BCUT2D eigenvalue weighted by atomic mass is 9.95. The van der Waals surface area contributed by atoms with Crippen LogP contribution in [0, 0.1) is 5.92 Å². The topological polar surface area (TPSA) is 99.3 Å². The number of carbonyl (C=O) groups excluding carboxylic acids is 1. The van der Waals surface area contributed by atoms with Crippen LogP contribution in [0.4, 0.5) is 0 Å². The molecule has 0 saturated heterocycles. The van der Waals surface area contributed by atoms with E-state index in [9.17, 15) is 19.5 Å². The number of carbonyl (C=O) groups is 2. The van der Waals surface area contributed by atoms with Crippen molar-refractivity contribution in [3.63, 3.8) is 0 Å². The van der Waals surface area contributed by atoms with E-state index in [1.54, 1.807) is 6.92 Å². The number of rotatable bonds is 8. The Morgan fingerprint density at radius 1 is 1.07 bits per heavy atom. The van der Waals surface area contributed by atoms with Crippen LogP contribution in [0.25, 0.3) is 11.1 Å². The molecule has 1 aromatic heterocycles. The molecular weight excluding hydrogens is 388 g/mol. The van der Waals surface area contributed by atoms with Crippen LogP contribution < -0.4 is 10.2 Å². The summed E-state index contributed by atoms with van der Waals surface area (Å²) >= 11 is 0.829. The second-order valence-corrected chi connectivity index (χ2v) is 7.97. The molecule has 1 amide bonds. The highest BCUT2D eigenvalue weighted by molar-refractivity contribution is 7.11. The standard InChI is InChI=1S/C22H22N2O4S/c1-14(21(26)27)11-18(24-20(25)19-13-23-22(28)29-19)12-15-7-9-17(10-8-15)16-5-3-2-4-6-16/h2-10,13-14,18H,11-12H2,1H3,(H,23,28)(H,24,25)(H,26,27)/t14-,18+/m1/s1. The largest absolute Gasteiger partial charge is 0.481 e. The van der Waals surface area contributed by atoms with E-state index in [0.717, 1.165) is 28.0 Å². The van der Waals surface area contributed by atoms with Crippen LogP contribution in [0.3, 0.4) is 0 Å². The van der Waals surface area contributed by atoms with E-state index < -0.39 is 11.9 Å². The number of amides is 1. The number of aromatic nitrogens is 1. The van der Waals surface area contributed by atoms with Gasteiger partial charge in [0.05, 0.1) is 5.92 Å². The number of benzene rings is 2. The molecule has 3 N–H and O–H groups in total. The van der Waals surface area contributed by atoms with Crippen LogP contribution in [0.2, 0.25) is 0 Å². The van der Waals surface area contributed by atoms with E-state index in [0.29, 0.717) is 12.8 Å². The van der Waals surface area contributed by atoms with Crippen molar-refractivity contribution in [2.45, 2.75) is 25.8 Å². The fourth-order valence-electron chi connectivity index (χ4n) is 3.12. The highest BCUT2D eigenvalue weighted by Gasteiger charge is 2.22. The Bertz CT molecular complexity index is 1020. The summed E-state index contributed by atoms with van der Waals surface area (Å²) < 4.78 is 0. The molecule has 3 aromatic rings. The van der Waals surface area contributed by atoms with Crippen molar-refractivity contribution >= 4 is 23.2 Å². The van der Waals surface area contributed by atoms with Gasteiger partial charge in [0.2, 0.25) is 0 Å². The van der Waals surface area contributed by atoms with Gasteiger partial charge in [-0.1, -0.05) is 72.9 Å². The van der Waals surface area contributed by atoms with Crippen molar-refractivity contribution in [2.75, 3.05) is 0 Å². The molecule has 0 unspecified atom stereocenters. The minimum absolute atomic E-state index is 0.280. The zero-order chi connectivity index (χ0) is 20.8. The second kappa shape index (κ2) is 9.34. The third-order valence-corrected chi connectivity index (χ3v) is 5.51. The first-order valence-corrected chi connectivity index (χ1v) is 10.1. The lowest BCUT2D eigenvalue weighted by molar-refractivity contribution is -0.141. The highest BCUT2D eigenvalue weighted by atomic mass is 32.1. The van der Waals surface area contributed by atoms with Crippen molar-refractivity contribution in [2.24, 2.45) is 5.92 Å². The number of aromatic amines is 1. The van der Waals surface area contributed by atoms with Gasteiger partial charge in [0.25, 0.3) is 5.91 Å². The zero-order valence-electron chi connectivity index (χ0n) is 15.9. The van der Waals surface area contributed by atoms with Crippen molar-refractivity contribution in [1.82, 2.24) is 10.3 Å². The summed E-state index contributed by atoms with van der Waals surface area (Å²) in [6.07, 6.45) is 2.16. The monoisotopic (exact) mass is 410 g/mol. The minimum Gasteiger partial charge on any atom is -0.481 e. The molecule has 3 rings (SSSR count). The summed E-state index contributed by atoms with van der Waals surface area (Å²) in [5.41, 5.74) is 3.20. The number of hydrogen-bond acceptors (Lipinski definition) is 4. The molecule has 0 aliphatic heterocycles. The first-order valence-electron chi connectivity index (χ1n) is 9.29. The van der Waals surface area contributed by atoms with E-state index in [1.165, 1.54) is 6.20 Å². The zero-order valence-corrected chi connectivity index (χ0v) is 16.7. The summed E-state index contributed by atoms with van der Waals surface area (Å²) in [5.74, 6) is -1.89. The van der Waals surface area contributed by atoms with E-state index in [-0.39, 0.29) is 21.7 Å². The predicted octanol–water partition coefficient (Wildman–Crippen LogP) is 3.56.